The quantitative estimate of drug-likeness (QED) is 0.199. The molecule has 1 aliphatic heterocycles. The standard InChI is InChI=1S/C14H17NO10S2/c16-6-8-10(17)11(18)12(19)14(24-8)26-13(20)9(15-25-27(21,22)23)7-4-2-1-3-5-7/h1-5,8,10-12,14,16-19H,6H2,(H,21,22,23)/b15-9+/t8-,10-,11+,12-,14+/m1/s1. The van der Waals surface area contributed by atoms with Crippen LogP contribution in [0.1, 0.15) is 5.56 Å². The number of hydrogen-bond donors (Lipinski definition) is 5. The lowest BCUT2D eigenvalue weighted by Crippen LogP contribution is -2.57. The summed E-state index contributed by atoms with van der Waals surface area (Å²) in [5.74, 6) is 0. The van der Waals surface area contributed by atoms with Crippen molar-refractivity contribution in [2.75, 3.05) is 6.61 Å². The largest absolute Gasteiger partial charge is 0.466 e. The van der Waals surface area contributed by atoms with Crippen molar-refractivity contribution in [2.24, 2.45) is 5.16 Å². The van der Waals surface area contributed by atoms with Crippen LogP contribution < -0.4 is 0 Å². The number of benzene rings is 1. The van der Waals surface area contributed by atoms with Crippen LogP contribution in [0.2, 0.25) is 0 Å². The van der Waals surface area contributed by atoms with Gasteiger partial charge in [-0.15, -0.1) is 0 Å². The molecule has 0 bridgehead atoms. The van der Waals surface area contributed by atoms with E-state index in [-0.39, 0.29) is 5.56 Å². The monoisotopic (exact) mass is 423 g/mol. The number of aliphatic hydroxyl groups excluding tert-OH is 4. The molecular formula is C14H17NO10S2. The molecule has 0 aromatic heterocycles. The molecule has 1 aromatic rings. The summed E-state index contributed by atoms with van der Waals surface area (Å²) in [4.78, 5) is 12.5. The van der Waals surface area contributed by atoms with Gasteiger partial charge in [0.2, 0.25) is 5.12 Å². The Morgan fingerprint density at radius 2 is 1.78 bits per heavy atom. The van der Waals surface area contributed by atoms with Crippen molar-refractivity contribution >= 4 is 33.0 Å². The molecule has 27 heavy (non-hydrogen) atoms. The van der Waals surface area contributed by atoms with Crippen molar-refractivity contribution in [3.05, 3.63) is 35.9 Å². The van der Waals surface area contributed by atoms with E-state index in [4.69, 9.17) is 14.4 Å². The predicted octanol–water partition coefficient (Wildman–Crippen LogP) is -1.73. The Kier molecular flexibility index (Phi) is 7.30. The number of oxime groups is 1. The van der Waals surface area contributed by atoms with Gasteiger partial charge < -0.3 is 25.2 Å². The smallest absolute Gasteiger partial charge is 0.394 e. The SMILES string of the molecule is O=C(S[C@@H]1O[C@H](CO)[C@@H](O)[C@H](O)[C@H]1O)/C(=N/OS(=O)(=O)O)c1ccccc1. The highest BCUT2D eigenvalue weighted by Crippen LogP contribution is 2.29. The Morgan fingerprint density at radius 3 is 2.33 bits per heavy atom. The Labute approximate surface area is 158 Å². The lowest BCUT2D eigenvalue weighted by molar-refractivity contribution is -0.205. The third-order valence-electron chi connectivity index (χ3n) is 3.53. The lowest BCUT2D eigenvalue weighted by Gasteiger charge is -2.39. The molecule has 0 radical (unpaired) electrons. The molecule has 1 aromatic carbocycles. The fourth-order valence-corrected chi connectivity index (χ4v) is 3.36. The minimum Gasteiger partial charge on any atom is -0.394 e. The highest BCUT2D eigenvalue weighted by molar-refractivity contribution is 8.15. The molecule has 1 heterocycles. The van der Waals surface area contributed by atoms with Crippen molar-refractivity contribution < 1.29 is 47.2 Å². The van der Waals surface area contributed by atoms with E-state index < -0.39 is 57.7 Å². The van der Waals surface area contributed by atoms with E-state index in [0.717, 1.165) is 0 Å². The number of thioether (sulfide) groups is 1. The van der Waals surface area contributed by atoms with Crippen LogP contribution in [0.3, 0.4) is 0 Å². The zero-order chi connectivity index (χ0) is 20.2. The van der Waals surface area contributed by atoms with Crippen molar-refractivity contribution in [3.63, 3.8) is 0 Å². The maximum Gasteiger partial charge on any atom is 0.466 e. The third kappa shape index (κ3) is 5.70. The summed E-state index contributed by atoms with van der Waals surface area (Å²) in [5.41, 5.74) is -1.77. The molecule has 13 heteroatoms. The van der Waals surface area contributed by atoms with Gasteiger partial charge in [-0.25, -0.2) is 4.28 Å². The second-order valence-corrected chi connectivity index (χ2v) is 7.49. The summed E-state index contributed by atoms with van der Waals surface area (Å²) in [6, 6.07) is 7.52. The third-order valence-corrected chi connectivity index (χ3v) is 4.83. The van der Waals surface area contributed by atoms with E-state index in [0.29, 0.717) is 11.8 Å². The lowest BCUT2D eigenvalue weighted by atomic mass is 10.0. The van der Waals surface area contributed by atoms with Gasteiger partial charge in [0, 0.05) is 5.56 Å². The molecule has 1 aliphatic rings. The highest BCUT2D eigenvalue weighted by atomic mass is 32.3. The average molecular weight is 423 g/mol. The summed E-state index contributed by atoms with van der Waals surface area (Å²) in [7, 11) is -4.97. The van der Waals surface area contributed by atoms with Gasteiger partial charge in [-0.05, 0) is 11.8 Å². The normalized spacial score (nSPS) is 29.4. The topological polar surface area (TPSA) is 183 Å². The van der Waals surface area contributed by atoms with Crippen LogP contribution in [-0.2, 0) is 24.2 Å². The van der Waals surface area contributed by atoms with Crippen molar-refractivity contribution in [1.29, 1.82) is 0 Å². The second kappa shape index (κ2) is 9.07. The van der Waals surface area contributed by atoms with E-state index in [9.17, 15) is 28.5 Å². The van der Waals surface area contributed by atoms with E-state index in [1.54, 1.807) is 6.07 Å². The van der Waals surface area contributed by atoms with Crippen LogP contribution in [-0.4, -0.2) is 80.7 Å². The van der Waals surface area contributed by atoms with Gasteiger partial charge in [0.1, 0.15) is 29.9 Å². The zero-order valence-electron chi connectivity index (χ0n) is 13.5. The molecule has 2 rings (SSSR count). The fourth-order valence-electron chi connectivity index (χ4n) is 2.21. The van der Waals surface area contributed by atoms with Crippen LogP contribution in [0.25, 0.3) is 0 Å². The van der Waals surface area contributed by atoms with Crippen LogP contribution >= 0.6 is 11.8 Å². The number of hydrogen-bond acceptors (Lipinski definition) is 11. The minimum atomic E-state index is -4.97. The number of rotatable bonds is 6. The Morgan fingerprint density at radius 1 is 1.15 bits per heavy atom. The molecular weight excluding hydrogens is 406 g/mol. The summed E-state index contributed by atoms with van der Waals surface area (Å²) in [6.45, 7) is -0.679. The van der Waals surface area contributed by atoms with E-state index >= 15 is 0 Å². The Balaban J connectivity index is 2.25. The van der Waals surface area contributed by atoms with Gasteiger partial charge >= 0.3 is 10.4 Å². The number of aliphatic hydroxyl groups is 4. The van der Waals surface area contributed by atoms with Crippen molar-refractivity contribution in [2.45, 2.75) is 29.9 Å². The van der Waals surface area contributed by atoms with Crippen LogP contribution in [0.4, 0.5) is 0 Å². The molecule has 0 unspecified atom stereocenters. The molecule has 1 fully saturated rings. The summed E-state index contributed by atoms with van der Waals surface area (Å²) in [6.07, 6.45) is -6.19. The fraction of sp³-hybridized carbons (Fsp3) is 0.429. The van der Waals surface area contributed by atoms with Gasteiger partial charge in [0.25, 0.3) is 0 Å². The predicted molar refractivity (Wildman–Crippen MR) is 92.0 cm³/mol. The summed E-state index contributed by atoms with van der Waals surface area (Å²) < 4.78 is 39.3. The van der Waals surface area contributed by atoms with Crippen molar-refractivity contribution in [3.8, 4) is 0 Å². The highest BCUT2D eigenvalue weighted by Gasteiger charge is 2.45. The number of ether oxygens (including phenoxy) is 1. The van der Waals surface area contributed by atoms with E-state index in [1.165, 1.54) is 24.3 Å². The molecule has 5 atom stereocenters. The zero-order valence-corrected chi connectivity index (χ0v) is 15.2. The Hall–Kier alpha value is -1.58. The maximum atomic E-state index is 12.5. The van der Waals surface area contributed by atoms with Gasteiger partial charge in [0.15, 0.2) is 5.71 Å². The summed E-state index contributed by atoms with van der Waals surface area (Å²) >= 11 is 0.326. The first kappa shape index (κ1) is 21.7. The molecule has 1 saturated heterocycles. The van der Waals surface area contributed by atoms with E-state index in [2.05, 4.69) is 9.44 Å². The van der Waals surface area contributed by atoms with Crippen LogP contribution in [0.15, 0.2) is 35.5 Å². The van der Waals surface area contributed by atoms with Gasteiger partial charge in [-0.3, -0.25) is 9.35 Å². The minimum absolute atomic E-state index is 0.142. The number of carbonyl (C=O) groups is 1. The average Bonchev–Trinajstić information content (AvgIpc) is 2.62. The number of nitrogens with zero attached hydrogens (tertiary/aromatic N) is 1. The first-order chi connectivity index (χ1) is 12.6. The molecule has 11 nitrogen and oxygen atoms in total. The number of carbonyl (C=O) groups excluding carboxylic acids is 1. The molecule has 0 aliphatic carbocycles. The molecule has 0 spiro atoms. The van der Waals surface area contributed by atoms with Crippen molar-refractivity contribution in [1.82, 2.24) is 0 Å². The Bertz CT molecular complexity index is 782. The van der Waals surface area contributed by atoms with Gasteiger partial charge in [0.05, 0.1) is 6.61 Å². The van der Waals surface area contributed by atoms with Crippen LogP contribution in [0, 0.1) is 0 Å². The van der Waals surface area contributed by atoms with Gasteiger partial charge in [-0.1, -0.05) is 35.5 Å². The second-order valence-electron chi connectivity index (χ2n) is 5.41. The first-order valence-electron chi connectivity index (χ1n) is 7.45. The summed E-state index contributed by atoms with van der Waals surface area (Å²) in [5, 5.41) is 40.9. The molecule has 5 N–H and O–H groups in total. The molecule has 0 saturated carbocycles. The first-order valence-corrected chi connectivity index (χ1v) is 9.69. The van der Waals surface area contributed by atoms with Crippen LogP contribution in [0.5, 0.6) is 0 Å². The molecule has 150 valence electrons. The maximum absolute atomic E-state index is 12.5. The van der Waals surface area contributed by atoms with E-state index in [1.807, 2.05) is 0 Å². The van der Waals surface area contributed by atoms with Gasteiger partial charge in [-0.2, -0.15) is 8.42 Å². The molecule has 0 amide bonds.